The van der Waals surface area contributed by atoms with Crippen LogP contribution in [0.2, 0.25) is 0 Å². The van der Waals surface area contributed by atoms with Crippen LogP contribution >= 0.6 is 11.3 Å². The highest BCUT2D eigenvalue weighted by molar-refractivity contribution is 7.18. The van der Waals surface area contributed by atoms with Crippen molar-refractivity contribution in [1.29, 1.82) is 0 Å². The standard InChI is InChI=1S/C21H25N3O3S/c1-14(8-9-15-5-4-12-27-15)23-18(25)10-11-24-13-22-20-19(21(24)26)16-6-2-3-7-17(16)28-20/h4-5,12-14H,2-3,6-11H2,1H3,(H,23,25)/t14-/m1/s1. The van der Waals surface area contributed by atoms with Gasteiger partial charge in [0.1, 0.15) is 10.6 Å². The van der Waals surface area contributed by atoms with Crippen molar-refractivity contribution in [2.45, 2.75) is 64.5 Å². The minimum atomic E-state index is -0.0497. The fraction of sp³-hybridized carbons (Fsp3) is 0.476. The summed E-state index contributed by atoms with van der Waals surface area (Å²) in [6.07, 6.45) is 9.44. The molecule has 1 N–H and O–H groups in total. The maximum Gasteiger partial charge on any atom is 0.262 e. The molecule has 4 rings (SSSR count). The SMILES string of the molecule is C[C@H](CCc1ccco1)NC(=O)CCn1cnc2sc3c(c2c1=O)CCCC3. The number of hydrogen-bond acceptors (Lipinski definition) is 5. The molecule has 0 saturated heterocycles. The maximum absolute atomic E-state index is 12.9. The summed E-state index contributed by atoms with van der Waals surface area (Å²) in [5.41, 5.74) is 1.18. The van der Waals surface area contributed by atoms with Gasteiger partial charge in [-0.05, 0) is 56.7 Å². The molecular weight excluding hydrogens is 374 g/mol. The number of amides is 1. The molecule has 6 nitrogen and oxygen atoms in total. The van der Waals surface area contributed by atoms with Gasteiger partial charge in [0.25, 0.3) is 5.56 Å². The lowest BCUT2D eigenvalue weighted by molar-refractivity contribution is -0.121. The molecule has 148 valence electrons. The number of rotatable bonds is 7. The third kappa shape index (κ3) is 4.04. The number of carbonyl (C=O) groups is 1. The van der Waals surface area contributed by atoms with Crippen molar-refractivity contribution in [3.8, 4) is 0 Å². The molecule has 28 heavy (non-hydrogen) atoms. The van der Waals surface area contributed by atoms with Gasteiger partial charge < -0.3 is 9.73 Å². The second-order valence-electron chi connectivity index (χ2n) is 7.47. The van der Waals surface area contributed by atoms with E-state index in [1.807, 2.05) is 19.1 Å². The van der Waals surface area contributed by atoms with E-state index in [0.29, 0.717) is 6.54 Å². The lowest BCUT2D eigenvalue weighted by atomic mass is 9.97. The Balaban J connectivity index is 1.36. The quantitative estimate of drug-likeness (QED) is 0.660. The van der Waals surface area contributed by atoms with E-state index in [1.165, 1.54) is 16.9 Å². The summed E-state index contributed by atoms with van der Waals surface area (Å²) < 4.78 is 6.90. The van der Waals surface area contributed by atoms with E-state index in [-0.39, 0.29) is 23.9 Å². The van der Waals surface area contributed by atoms with Crippen LogP contribution < -0.4 is 10.9 Å². The lowest BCUT2D eigenvalue weighted by Gasteiger charge is -2.14. The summed E-state index contributed by atoms with van der Waals surface area (Å²) in [4.78, 5) is 31.8. The molecule has 1 atom stereocenters. The molecule has 0 radical (unpaired) electrons. The van der Waals surface area contributed by atoms with Crippen LogP contribution in [0.25, 0.3) is 10.2 Å². The molecule has 0 bridgehead atoms. The van der Waals surface area contributed by atoms with Gasteiger partial charge in [-0.25, -0.2) is 4.98 Å². The normalized spacial score (nSPS) is 14.8. The highest BCUT2D eigenvalue weighted by atomic mass is 32.1. The summed E-state index contributed by atoms with van der Waals surface area (Å²) in [7, 11) is 0. The number of carbonyl (C=O) groups excluding carboxylic acids is 1. The van der Waals surface area contributed by atoms with E-state index < -0.39 is 0 Å². The van der Waals surface area contributed by atoms with Gasteiger partial charge in [-0.1, -0.05) is 0 Å². The molecule has 7 heteroatoms. The highest BCUT2D eigenvalue weighted by Crippen LogP contribution is 2.33. The Bertz CT molecular complexity index is 1020. The van der Waals surface area contributed by atoms with Crippen molar-refractivity contribution in [3.63, 3.8) is 0 Å². The number of nitrogens with zero attached hydrogens (tertiary/aromatic N) is 2. The summed E-state index contributed by atoms with van der Waals surface area (Å²) in [5.74, 6) is 0.873. The molecule has 1 aliphatic rings. The number of aromatic nitrogens is 2. The Morgan fingerprint density at radius 2 is 2.25 bits per heavy atom. The van der Waals surface area contributed by atoms with Gasteiger partial charge in [0.2, 0.25) is 5.91 Å². The minimum Gasteiger partial charge on any atom is -0.469 e. The van der Waals surface area contributed by atoms with E-state index in [9.17, 15) is 9.59 Å². The van der Waals surface area contributed by atoms with E-state index in [1.54, 1.807) is 28.5 Å². The smallest absolute Gasteiger partial charge is 0.262 e. The van der Waals surface area contributed by atoms with Crippen molar-refractivity contribution in [2.24, 2.45) is 0 Å². The first-order chi connectivity index (χ1) is 13.6. The molecule has 0 aliphatic heterocycles. The number of furan rings is 1. The van der Waals surface area contributed by atoms with Crippen LogP contribution in [0.15, 0.2) is 33.9 Å². The second-order valence-corrected chi connectivity index (χ2v) is 8.55. The Kier molecular flexibility index (Phi) is 5.62. The van der Waals surface area contributed by atoms with Crippen LogP contribution in [0, 0.1) is 0 Å². The lowest BCUT2D eigenvalue weighted by Crippen LogP contribution is -2.34. The van der Waals surface area contributed by atoms with Gasteiger partial charge in [0.15, 0.2) is 0 Å². The summed E-state index contributed by atoms with van der Waals surface area (Å²) in [6, 6.07) is 3.86. The molecule has 3 aromatic heterocycles. The molecular formula is C21H25N3O3S. The van der Waals surface area contributed by atoms with E-state index in [0.717, 1.165) is 48.1 Å². The highest BCUT2D eigenvalue weighted by Gasteiger charge is 2.20. The Morgan fingerprint density at radius 1 is 1.39 bits per heavy atom. The van der Waals surface area contributed by atoms with Crippen LogP contribution in [0.3, 0.4) is 0 Å². The number of thiophene rings is 1. The summed E-state index contributed by atoms with van der Waals surface area (Å²) >= 11 is 1.65. The minimum absolute atomic E-state index is 0.0110. The molecule has 1 aliphatic carbocycles. The van der Waals surface area contributed by atoms with Gasteiger partial charge in [0, 0.05) is 30.3 Å². The van der Waals surface area contributed by atoms with Crippen LogP contribution in [-0.2, 0) is 30.6 Å². The molecule has 0 unspecified atom stereocenters. The van der Waals surface area contributed by atoms with Gasteiger partial charge in [0.05, 0.1) is 18.0 Å². The van der Waals surface area contributed by atoms with E-state index in [2.05, 4.69) is 10.3 Å². The van der Waals surface area contributed by atoms with Crippen LogP contribution in [-0.4, -0.2) is 21.5 Å². The zero-order valence-corrected chi connectivity index (χ0v) is 16.9. The van der Waals surface area contributed by atoms with Crippen molar-refractivity contribution in [2.75, 3.05) is 0 Å². The van der Waals surface area contributed by atoms with Crippen LogP contribution in [0.4, 0.5) is 0 Å². The fourth-order valence-electron chi connectivity index (χ4n) is 3.80. The van der Waals surface area contributed by atoms with Gasteiger partial charge in [-0.15, -0.1) is 11.3 Å². The predicted molar refractivity (Wildman–Crippen MR) is 110 cm³/mol. The van der Waals surface area contributed by atoms with E-state index in [4.69, 9.17) is 4.42 Å². The summed E-state index contributed by atoms with van der Waals surface area (Å²) in [6.45, 7) is 2.33. The zero-order valence-electron chi connectivity index (χ0n) is 16.1. The largest absolute Gasteiger partial charge is 0.469 e. The van der Waals surface area contributed by atoms with Crippen molar-refractivity contribution in [1.82, 2.24) is 14.9 Å². The number of aryl methyl sites for hydroxylation is 4. The Morgan fingerprint density at radius 3 is 3.07 bits per heavy atom. The van der Waals surface area contributed by atoms with Crippen LogP contribution in [0.1, 0.15) is 48.8 Å². The number of nitrogens with one attached hydrogen (secondary N) is 1. The first-order valence-electron chi connectivity index (χ1n) is 9.93. The Labute approximate surface area is 167 Å². The zero-order chi connectivity index (χ0) is 19.5. The first kappa shape index (κ1) is 18.9. The molecule has 0 spiro atoms. The van der Waals surface area contributed by atoms with E-state index >= 15 is 0 Å². The number of hydrogen-bond donors (Lipinski definition) is 1. The third-order valence-corrected chi connectivity index (χ3v) is 6.53. The van der Waals surface area contributed by atoms with Crippen LogP contribution in [0.5, 0.6) is 0 Å². The molecule has 0 aromatic carbocycles. The molecule has 0 saturated carbocycles. The number of fused-ring (bicyclic) bond motifs is 3. The van der Waals surface area contributed by atoms with Crippen molar-refractivity contribution < 1.29 is 9.21 Å². The monoisotopic (exact) mass is 399 g/mol. The maximum atomic E-state index is 12.9. The van der Waals surface area contributed by atoms with Gasteiger partial charge in [-0.2, -0.15) is 0 Å². The average Bonchev–Trinajstić information content (AvgIpc) is 3.33. The van der Waals surface area contributed by atoms with Gasteiger partial charge in [-0.3, -0.25) is 14.2 Å². The van der Waals surface area contributed by atoms with Crippen molar-refractivity contribution >= 4 is 27.5 Å². The fourth-order valence-corrected chi connectivity index (χ4v) is 5.01. The molecule has 3 heterocycles. The third-order valence-electron chi connectivity index (χ3n) is 5.33. The Hall–Kier alpha value is -2.41. The summed E-state index contributed by atoms with van der Waals surface area (Å²) in [5, 5.41) is 3.77. The topological polar surface area (TPSA) is 77.1 Å². The molecule has 0 fully saturated rings. The first-order valence-corrected chi connectivity index (χ1v) is 10.7. The van der Waals surface area contributed by atoms with Crippen molar-refractivity contribution in [3.05, 3.63) is 51.3 Å². The average molecular weight is 400 g/mol. The molecule has 3 aromatic rings. The van der Waals surface area contributed by atoms with Gasteiger partial charge >= 0.3 is 0 Å². The predicted octanol–water partition coefficient (Wildman–Crippen LogP) is 3.46. The second kappa shape index (κ2) is 8.31. The molecule has 1 amide bonds.